The van der Waals surface area contributed by atoms with Crippen molar-refractivity contribution >= 4 is 17.0 Å². The van der Waals surface area contributed by atoms with Crippen LogP contribution in [0.3, 0.4) is 0 Å². The lowest BCUT2D eigenvalue weighted by atomic mass is 10.0. The molecule has 2 aromatic rings. The Hall–Kier alpha value is -1.93. The van der Waals surface area contributed by atoms with Crippen LogP contribution < -0.4 is 0 Å². The zero-order chi connectivity index (χ0) is 11.2. The molecule has 4 heteroatoms. The SMILES string of the molecule is O=C=NC1(c2cc3ccoc3cc2F)CC1. The highest BCUT2D eigenvalue weighted by Crippen LogP contribution is 2.50. The van der Waals surface area contributed by atoms with Gasteiger partial charge < -0.3 is 4.42 Å². The molecule has 3 nitrogen and oxygen atoms in total. The van der Waals surface area contributed by atoms with E-state index in [0.29, 0.717) is 24.0 Å². The van der Waals surface area contributed by atoms with Crippen molar-refractivity contribution in [2.45, 2.75) is 18.4 Å². The van der Waals surface area contributed by atoms with Gasteiger partial charge in [0.25, 0.3) is 0 Å². The molecule has 16 heavy (non-hydrogen) atoms. The number of carbonyl (C=O) groups excluding carboxylic acids is 1. The molecule has 0 N–H and O–H groups in total. The summed E-state index contributed by atoms with van der Waals surface area (Å²) in [4.78, 5) is 14.0. The molecular formula is C12H8FNO2. The molecule has 1 aromatic heterocycles. The van der Waals surface area contributed by atoms with Gasteiger partial charge in [-0.15, -0.1) is 0 Å². The Morgan fingerprint density at radius 3 is 2.94 bits per heavy atom. The first-order valence-corrected chi connectivity index (χ1v) is 5.01. The predicted octanol–water partition coefficient (Wildman–Crippen LogP) is 2.90. The van der Waals surface area contributed by atoms with Gasteiger partial charge in [-0.2, -0.15) is 4.99 Å². The molecule has 1 aliphatic carbocycles. The second-order valence-electron chi connectivity index (χ2n) is 4.03. The highest BCUT2D eigenvalue weighted by atomic mass is 19.1. The van der Waals surface area contributed by atoms with Crippen LogP contribution in [0.2, 0.25) is 0 Å². The van der Waals surface area contributed by atoms with Crippen molar-refractivity contribution in [2.75, 3.05) is 0 Å². The first kappa shape index (κ1) is 9.31. The maximum atomic E-state index is 13.8. The Morgan fingerprint density at radius 1 is 1.44 bits per heavy atom. The van der Waals surface area contributed by atoms with Crippen LogP contribution >= 0.6 is 0 Å². The summed E-state index contributed by atoms with van der Waals surface area (Å²) >= 11 is 0. The van der Waals surface area contributed by atoms with Gasteiger partial charge in [0.2, 0.25) is 6.08 Å². The van der Waals surface area contributed by atoms with Crippen LogP contribution in [0.25, 0.3) is 11.0 Å². The Kier molecular flexibility index (Phi) is 1.76. The fraction of sp³-hybridized carbons (Fsp3) is 0.250. The summed E-state index contributed by atoms with van der Waals surface area (Å²) in [6.07, 6.45) is 4.43. The van der Waals surface area contributed by atoms with E-state index in [1.54, 1.807) is 12.1 Å². The average molecular weight is 217 g/mol. The van der Waals surface area contributed by atoms with Crippen LogP contribution in [0.4, 0.5) is 4.39 Å². The van der Waals surface area contributed by atoms with E-state index in [1.165, 1.54) is 18.4 Å². The van der Waals surface area contributed by atoms with Crippen molar-refractivity contribution in [3.05, 3.63) is 35.8 Å². The molecule has 0 aliphatic heterocycles. The highest BCUT2D eigenvalue weighted by Gasteiger charge is 2.46. The summed E-state index contributed by atoms with van der Waals surface area (Å²) in [6.45, 7) is 0. The van der Waals surface area contributed by atoms with Crippen LogP contribution in [-0.2, 0) is 10.3 Å². The number of hydrogen-bond acceptors (Lipinski definition) is 3. The van der Waals surface area contributed by atoms with E-state index in [1.807, 2.05) is 0 Å². The number of aliphatic imine (C=N–C) groups is 1. The average Bonchev–Trinajstić information content (AvgIpc) is 2.89. The number of nitrogens with zero attached hydrogens (tertiary/aromatic N) is 1. The van der Waals surface area contributed by atoms with Gasteiger partial charge in [-0.25, -0.2) is 9.18 Å². The van der Waals surface area contributed by atoms with Crippen molar-refractivity contribution in [3.63, 3.8) is 0 Å². The number of benzene rings is 1. The summed E-state index contributed by atoms with van der Waals surface area (Å²) in [5.41, 5.74) is 0.300. The molecule has 0 saturated heterocycles. The van der Waals surface area contributed by atoms with Crippen LogP contribution in [0.1, 0.15) is 18.4 Å². The minimum atomic E-state index is -0.669. The van der Waals surface area contributed by atoms with E-state index in [9.17, 15) is 9.18 Å². The minimum Gasteiger partial charge on any atom is -0.464 e. The van der Waals surface area contributed by atoms with Gasteiger partial charge in [-0.3, -0.25) is 0 Å². The molecule has 1 saturated carbocycles. The summed E-state index contributed by atoms with van der Waals surface area (Å²) in [6, 6.07) is 4.80. The fourth-order valence-electron chi connectivity index (χ4n) is 1.99. The van der Waals surface area contributed by atoms with Crippen molar-refractivity contribution < 1.29 is 13.6 Å². The second-order valence-corrected chi connectivity index (χ2v) is 4.03. The molecule has 1 heterocycles. The van der Waals surface area contributed by atoms with Crippen LogP contribution in [0.15, 0.2) is 33.9 Å². The highest BCUT2D eigenvalue weighted by molar-refractivity contribution is 5.78. The smallest absolute Gasteiger partial charge is 0.235 e. The molecule has 0 unspecified atom stereocenters. The lowest BCUT2D eigenvalue weighted by molar-refractivity contribution is 0.547. The number of furan rings is 1. The maximum Gasteiger partial charge on any atom is 0.235 e. The number of isocyanates is 1. The number of hydrogen-bond donors (Lipinski definition) is 0. The minimum absolute atomic E-state index is 0.376. The van der Waals surface area contributed by atoms with E-state index >= 15 is 0 Å². The summed E-state index contributed by atoms with van der Waals surface area (Å²) in [5.74, 6) is -0.376. The molecule has 3 rings (SSSR count). The first-order chi connectivity index (χ1) is 7.75. The monoisotopic (exact) mass is 217 g/mol. The Balaban J connectivity index is 2.23. The summed E-state index contributed by atoms with van der Waals surface area (Å²) < 4.78 is 18.9. The third kappa shape index (κ3) is 1.20. The normalized spacial score (nSPS) is 17.1. The van der Waals surface area contributed by atoms with Gasteiger partial charge in [-0.1, -0.05) is 0 Å². The van der Waals surface area contributed by atoms with E-state index in [4.69, 9.17) is 4.42 Å². The van der Waals surface area contributed by atoms with E-state index in [0.717, 1.165) is 5.39 Å². The van der Waals surface area contributed by atoms with Crippen LogP contribution in [-0.4, -0.2) is 6.08 Å². The van der Waals surface area contributed by atoms with Crippen molar-refractivity contribution in [3.8, 4) is 0 Å². The van der Waals surface area contributed by atoms with Crippen molar-refractivity contribution in [1.82, 2.24) is 0 Å². The molecule has 1 aromatic carbocycles. The molecule has 80 valence electrons. The molecule has 1 fully saturated rings. The second kappa shape index (κ2) is 3.03. The zero-order valence-electron chi connectivity index (χ0n) is 8.37. The third-order valence-corrected chi connectivity index (χ3v) is 3.03. The Morgan fingerprint density at radius 2 is 2.25 bits per heavy atom. The molecule has 0 atom stereocenters. The topological polar surface area (TPSA) is 42.6 Å². The van der Waals surface area contributed by atoms with E-state index in [2.05, 4.69) is 4.99 Å². The predicted molar refractivity (Wildman–Crippen MR) is 55.2 cm³/mol. The number of fused-ring (bicyclic) bond motifs is 1. The third-order valence-electron chi connectivity index (χ3n) is 3.03. The maximum absolute atomic E-state index is 13.8. The Labute approximate surface area is 90.6 Å². The molecule has 0 spiro atoms. The molecule has 0 radical (unpaired) electrons. The molecule has 0 bridgehead atoms. The molecular weight excluding hydrogens is 209 g/mol. The fourth-order valence-corrected chi connectivity index (χ4v) is 1.99. The van der Waals surface area contributed by atoms with Crippen molar-refractivity contribution in [1.29, 1.82) is 0 Å². The first-order valence-electron chi connectivity index (χ1n) is 5.01. The standard InChI is InChI=1S/C12H8FNO2/c13-10-6-11-8(1-4-16-11)5-9(10)12(2-3-12)14-7-15/h1,4-6H,2-3H2. The van der Waals surface area contributed by atoms with Crippen LogP contribution in [0.5, 0.6) is 0 Å². The van der Waals surface area contributed by atoms with Crippen molar-refractivity contribution in [2.24, 2.45) is 4.99 Å². The lowest BCUT2D eigenvalue weighted by Gasteiger charge is -2.09. The van der Waals surface area contributed by atoms with Gasteiger partial charge in [0.05, 0.1) is 6.26 Å². The van der Waals surface area contributed by atoms with Gasteiger partial charge in [0.15, 0.2) is 0 Å². The summed E-state index contributed by atoms with van der Waals surface area (Å²) in [7, 11) is 0. The Bertz CT molecular complexity index is 607. The summed E-state index contributed by atoms with van der Waals surface area (Å²) in [5, 5.41) is 0.823. The largest absolute Gasteiger partial charge is 0.464 e. The number of halogens is 1. The van der Waals surface area contributed by atoms with Gasteiger partial charge in [0.1, 0.15) is 16.9 Å². The van der Waals surface area contributed by atoms with Gasteiger partial charge in [-0.05, 0) is 25.0 Å². The van der Waals surface area contributed by atoms with Crippen LogP contribution in [0, 0.1) is 5.82 Å². The van der Waals surface area contributed by atoms with Gasteiger partial charge in [0, 0.05) is 17.0 Å². The van der Waals surface area contributed by atoms with E-state index in [-0.39, 0.29) is 5.82 Å². The van der Waals surface area contributed by atoms with E-state index < -0.39 is 5.54 Å². The molecule has 1 aliphatic rings. The zero-order valence-corrected chi connectivity index (χ0v) is 8.37. The quantitative estimate of drug-likeness (QED) is 0.573. The number of rotatable bonds is 2. The molecule has 0 amide bonds. The van der Waals surface area contributed by atoms with Gasteiger partial charge >= 0.3 is 0 Å². The lowest BCUT2D eigenvalue weighted by Crippen LogP contribution is -2.05.